The van der Waals surface area contributed by atoms with E-state index < -0.39 is 73.6 Å². The molecule has 44 heavy (non-hydrogen) atoms. The van der Waals surface area contributed by atoms with Crippen LogP contribution >= 0.6 is 6.72 Å². The molecule has 2 aliphatic rings. The molecule has 9 N–H and O–H groups in total. The fourth-order valence-corrected chi connectivity index (χ4v) is 6.65. The van der Waals surface area contributed by atoms with E-state index in [4.69, 9.17) is 41.8 Å². The first-order valence-corrected chi connectivity index (χ1v) is 15.5. The molecule has 0 saturated carbocycles. The van der Waals surface area contributed by atoms with Crippen LogP contribution in [-0.2, 0) is 30.3 Å². The third-order valence-corrected chi connectivity index (χ3v) is 9.18. The van der Waals surface area contributed by atoms with Crippen LogP contribution in [0.2, 0.25) is 0 Å². The monoisotopic (exact) mass is 658 g/mol. The zero-order valence-corrected chi connectivity index (χ0v) is 24.7. The highest BCUT2D eigenvalue weighted by atomic mass is 32.5. The predicted molar refractivity (Wildman–Crippen MR) is 151 cm³/mol. The van der Waals surface area contributed by atoms with E-state index in [-0.39, 0.29) is 34.1 Å². The molecule has 6 rings (SSSR count). The highest BCUT2D eigenvalue weighted by Gasteiger charge is 2.57. The van der Waals surface area contributed by atoms with E-state index in [9.17, 15) is 25.0 Å². The summed E-state index contributed by atoms with van der Waals surface area (Å²) in [7, 11) is 0. The number of alkyl halides is 1. The van der Waals surface area contributed by atoms with Crippen LogP contribution in [0.1, 0.15) is 26.3 Å². The maximum atomic E-state index is 15.8. The van der Waals surface area contributed by atoms with Crippen LogP contribution in [0.25, 0.3) is 22.3 Å². The molecule has 0 aliphatic carbocycles. The van der Waals surface area contributed by atoms with Crippen molar-refractivity contribution in [2.24, 2.45) is 0 Å². The van der Waals surface area contributed by atoms with Gasteiger partial charge in [-0.1, -0.05) is 0 Å². The lowest BCUT2D eigenvalue weighted by Gasteiger charge is -2.30. The second kappa shape index (κ2) is 10.7. The minimum atomic E-state index is -4.38. The Kier molecular flexibility index (Phi) is 7.47. The zero-order valence-electron chi connectivity index (χ0n) is 23.0. The molecule has 238 valence electrons. The Labute approximate surface area is 250 Å². The van der Waals surface area contributed by atoms with Crippen molar-refractivity contribution in [1.82, 2.24) is 39.0 Å². The summed E-state index contributed by atoms with van der Waals surface area (Å²) in [6.07, 6.45) is -5.88. The van der Waals surface area contributed by atoms with Gasteiger partial charge in [0.2, 0.25) is 5.95 Å². The molecular formula is C22H28FN10O9PS. The molecule has 22 heteroatoms. The number of rotatable bonds is 8. The van der Waals surface area contributed by atoms with Crippen molar-refractivity contribution in [3.05, 3.63) is 29.3 Å². The molecule has 9 atom stereocenters. The van der Waals surface area contributed by atoms with E-state index in [1.807, 2.05) is 0 Å². The second-order valence-electron chi connectivity index (χ2n) is 10.8. The fraction of sp³-hybridized carbons (Fsp3) is 0.545. The molecule has 2 unspecified atom stereocenters. The van der Waals surface area contributed by atoms with Crippen molar-refractivity contribution in [3.8, 4) is 0 Å². The number of halogens is 1. The number of fused-ring (bicyclic) bond motifs is 2. The van der Waals surface area contributed by atoms with E-state index in [2.05, 4.69) is 29.9 Å². The van der Waals surface area contributed by atoms with Crippen molar-refractivity contribution in [2.45, 2.75) is 62.0 Å². The summed E-state index contributed by atoms with van der Waals surface area (Å²) >= 11 is 5.18. The molecule has 0 spiro atoms. The number of aliphatic hydroxyl groups excluding tert-OH is 3. The number of nitrogens with two attached hydrogens (primary N) is 2. The number of nitrogen functional groups attached to an aromatic ring is 2. The summed E-state index contributed by atoms with van der Waals surface area (Å²) in [5, 5.41) is 31.6. The largest absolute Gasteiger partial charge is 0.393 e. The number of anilines is 2. The van der Waals surface area contributed by atoms with Gasteiger partial charge in [-0.2, -0.15) is 4.98 Å². The molecule has 0 amide bonds. The Balaban J connectivity index is 1.23. The summed E-state index contributed by atoms with van der Waals surface area (Å²) in [6.45, 7) is -3.12. The zero-order chi connectivity index (χ0) is 31.8. The average Bonchev–Trinajstić information content (AvgIpc) is 3.70. The van der Waals surface area contributed by atoms with Gasteiger partial charge in [0.25, 0.3) is 5.56 Å². The van der Waals surface area contributed by atoms with Crippen LogP contribution in [0.3, 0.4) is 0 Å². The Hall–Kier alpha value is -3.24. The Morgan fingerprint density at radius 3 is 2.45 bits per heavy atom. The fourth-order valence-electron chi connectivity index (χ4n) is 5.20. The van der Waals surface area contributed by atoms with Gasteiger partial charge in [-0.05, 0) is 25.7 Å². The SMILES string of the molecule is CC1(CO)O[C@@H](n2cnc3c(=O)[nH]c(N)nc32)[C@H](OP(O)(=S)OC[C@@]2(C)O[C@@H](n3cnc4c(N)ncnc43)[C@H](O)[C@@H]2O)[C@@H]1F. The van der Waals surface area contributed by atoms with Crippen LogP contribution in [0.4, 0.5) is 16.2 Å². The minimum Gasteiger partial charge on any atom is -0.393 e. The lowest BCUT2D eigenvalue weighted by atomic mass is 9.99. The molecule has 4 aromatic heterocycles. The van der Waals surface area contributed by atoms with Gasteiger partial charge < -0.3 is 45.7 Å². The number of imidazole rings is 2. The highest BCUT2D eigenvalue weighted by molar-refractivity contribution is 8.07. The van der Waals surface area contributed by atoms with Gasteiger partial charge in [-0.25, -0.2) is 24.3 Å². The summed E-state index contributed by atoms with van der Waals surface area (Å²) in [4.78, 5) is 45.7. The molecular weight excluding hydrogens is 630 g/mol. The van der Waals surface area contributed by atoms with Gasteiger partial charge >= 0.3 is 6.72 Å². The number of hydrogen-bond donors (Lipinski definition) is 7. The van der Waals surface area contributed by atoms with Gasteiger partial charge in [0.05, 0.1) is 25.9 Å². The quantitative estimate of drug-likeness (QED) is 0.105. The summed E-state index contributed by atoms with van der Waals surface area (Å²) in [5.74, 6) is -0.154. The highest BCUT2D eigenvalue weighted by Crippen LogP contribution is 2.53. The molecule has 2 fully saturated rings. The molecule has 0 radical (unpaired) electrons. The Morgan fingerprint density at radius 1 is 1.09 bits per heavy atom. The number of nitrogens with one attached hydrogen (secondary N) is 1. The number of aromatic nitrogens is 8. The molecule has 0 bridgehead atoms. The van der Waals surface area contributed by atoms with E-state index in [0.717, 1.165) is 10.9 Å². The number of H-pyrrole nitrogens is 1. The van der Waals surface area contributed by atoms with Gasteiger partial charge in [0, 0.05) is 0 Å². The van der Waals surface area contributed by atoms with Crippen LogP contribution < -0.4 is 17.0 Å². The van der Waals surface area contributed by atoms with Crippen molar-refractivity contribution >= 4 is 52.6 Å². The number of nitrogens with zero attached hydrogens (tertiary/aromatic N) is 7. The minimum absolute atomic E-state index is 0.0829. The molecule has 2 saturated heterocycles. The lowest BCUT2D eigenvalue weighted by molar-refractivity contribution is -0.115. The van der Waals surface area contributed by atoms with Crippen LogP contribution in [0.5, 0.6) is 0 Å². The van der Waals surface area contributed by atoms with Crippen molar-refractivity contribution in [1.29, 1.82) is 0 Å². The third-order valence-electron chi connectivity index (χ3n) is 7.64. The van der Waals surface area contributed by atoms with Gasteiger partial charge in [-0.15, -0.1) is 0 Å². The number of aliphatic hydroxyl groups is 3. The first-order chi connectivity index (χ1) is 20.7. The van der Waals surface area contributed by atoms with E-state index in [1.54, 1.807) is 0 Å². The standard InChI is InChI=1S/C22H28FN10O9PS/c1-21(3-34)12(23)11(19(41-21)33-7-29-9-16(33)30-20(25)31-17(9)37)42-43(38,44)39-4-22(2)13(36)10(35)18(40-22)32-6-28-8-14(24)26-5-27-15(8)32/h5-7,10-13,18-19,34-36H,3-4H2,1-2H3,(H,38,44)(H2,24,26,27)(H3,25,30,31,37)/t10-,11-,12+,13+,18-,19-,21?,22-,43?/m1/s1. The van der Waals surface area contributed by atoms with Crippen LogP contribution in [0.15, 0.2) is 23.8 Å². The number of hydrogen-bond acceptors (Lipinski definition) is 16. The topological polar surface area (TPSA) is 277 Å². The van der Waals surface area contributed by atoms with Gasteiger partial charge in [-0.3, -0.25) is 23.4 Å². The van der Waals surface area contributed by atoms with Crippen LogP contribution in [-0.4, -0.2) is 108 Å². The molecule has 19 nitrogen and oxygen atoms in total. The van der Waals surface area contributed by atoms with E-state index in [0.29, 0.717) is 0 Å². The van der Waals surface area contributed by atoms with Crippen LogP contribution in [0, 0.1) is 0 Å². The Bertz CT molecular complexity index is 1840. The lowest BCUT2D eigenvalue weighted by Crippen LogP contribution is -2.44. The molecule has 2 aliphatic heterocycles. The smallest absolute Gasteiger partial charge is 0.325 e. The van der Waals surface area contributed by atoms with Crippen molar-refractivity contribution in [2.75, 3.05) is 24.7 Å². The predicted octanol–water partition coefficient (Wildman–Crippen LogP) is -1.63. The van der Waals surface area contributed by atoms with Crippen molar-refractivity contribution in [3.63, 3.8) is 0 Å². The normalized spacial score (nSPS) is 33.8. The first-order valence-electron chi connectivity index (χ1n) is 13.0. The maximum absolute atomic E-state index is 15.8. The molecule has 4 aromatic rings. The average molecular weight is 659 g/mol. The number of aromatic amines is 1. The van der Waals surface area contributed by atoms with Crippen molar-refractivity contribution < 1.29 is 43.1 Å². The summed E-state index contributed by atoms with van der Waals surface area (Å²) in [5.41, 5.74) is 7.60. The Morgan fingerprint density at radius 2 is 1.75 bits per heavy atom. The first kappa shape index (κ1) is 30.8. The summed E-state index contributed by atoms with van der Waals surface area (Å²) in [6, 6.07) is 0. The third kappa shape index (κ3) is 4.94. The van der Waals surface area contributed by atoms with Gasteiger partial charge in [0.1, 0.15) is 41.4 Å². The summed E-state index contributed by atoms with van der Waals surface area (Å²) < 4.78 is 41.1. The van der Waals surface area contributed by atoms with E-state index >= 15 is 4.39 Å². The molecule has 0 aromatic carbocycles. The molecule has 6 heterocycles. The van der Waals surface area contributed by atoms with E-state index in [1.165, 1.54) is 31.1 Å². The maximum Gasteiger partial charge on any atom is 0.325 e. The number of ether oxygens (including phenoxy) is 2. The second-order valence-corrected chi connectivity index (χ2v) is 13.6. The van der Waals surface area contributed by atoms with Gasteiger partial charge in [0.15, 0.2) is 41.3 Å².